The highest BCUT2D eigenvalue weighted by Gasteiger charge is 2.45. The quantitative estimate of drug-likeness (QED) is 0.179. The van der Waals surface area contributed by atoms with Gasteiger partial charge in [-0.15, -0.1) is 0 Å². The molecule has 17 heteroatoms. The number of benzene rings is 1. The van der Waals surface area contributed by atoms with Crippen molar-refractivity contribution in [3.63, 3.8) is 0 Å². The number of imide groups is 2. The van der Waals surface area contributed by atoms with Crippen molar-refractivity contribution in [2.24, 2.45) is 0 Å². The Bertz CT molecular complexity index is 2400. The fourth-order valence-corrected chi connectivity index (χ4v) is 9.26. The number of amides is 5. The van der Waals surface area contributed by atoms with Crippen molar-refractivity contribution in [3.05, 3.63) is 71.2 Å². The number of rotatable bonds is 9. The molecule has 0 radical (unpaired) electrons. The molecule has 304 valence electrons. The van der Waals surface area contributed by atoms with Gasteiger partial charge in [0.25, 0.3) is 17.7 Å². The zero-order valence-corrected chi connectivity index (χ0v) is 32.5. The number of piperazine rings is 1. The molecule has 9 rings (SSSR count). The van der Waals surface area contributed by atoms with Gasteiger partial charge in [-0.1, -0.05) is 12.8 Å². The summed E-state index contributed by atoms with van der Waals surface area (Å²) in [4.78, 5) is 78.8. The van der Waals surface area contributed by atoms with Crippen LogP contribution in [0.25, 0.3) is 16.9 Å². The third-order valence-corrected chi connectivity index (χ3v) is 12.5. The smallest absolute Gasteiger partial charge is 0.262 e. The second-order valence-corrected chi connectivity index (χ2v) is 16.4. The molecule has 5 amide bonds. The highest BCUT2D eigenvalue weighted by molar-refractivity contribution is 6.23. The Morgan fingerprint density at radius 1 is 0.898 bits per heavy atom. The summed E-state index contributed by atoms with van der Waals surface area (Å²) in [5.74, 6) is -1.82. The zero-order valence-electron chi connectivity index (χ0n) is 32.5. The number of hydrogen-bond donors (Lipinski definition) is 4. The maximum absolute atomic E-state index is 13.8. The van der Waals surface area contributed by atoms with Crippen LogP contribution in [0.15, 0.2) is 48.9 Å². The minimum atomic E-state index is -1.01. The van der Waals surface area contributed by atoms with Gasteiger partial charge in [-0.3, -0.25) is 39.1 Å². The summed E-state index contributed by atoms with van der Waals surface area (Å²) in [7, 11) is 0. The van der Waals surface area contributed by atoms with E-state index in [4.69, 9.17) is 0 Å². The molecule has 4 N–H and O–H groups in total. The van der Waals surface area contributed by atoms with Crippen LogP contribution in [-0.2, 0) is 9.59 Å². The fourth-order valence-electron chi connectivity index (χ4n) is 9.26. The lowest BCUT2D eigenvalue weighted by Crippen LogP contribution is -2.54. The number of aliphatic hydroxyl groups is 1. The second kappa shape index (κ2) is 15.5. The van der Waals surface area contributed by atoms with E-state index in [9.17, 15) is 34.3 Å². The number of piperidine rings is 1. The monoisotopic (exact) mass is 799 g/mol. The number of nitrogens with one attached hydrogen (secondary N) is 3. The lowest BCUT2D eigenvalue weighted by molar-refractivity contribution is -0.136. The van der Waals surface area contributed by atoms with Crippen LogP contribution in [0.4, 0.5) is 11.4 Å². The number of carbonyl (C=O) groups is 5. The van der Waals surface area contributed by atoms with Gasteiger partial charge in [0.1, 0.15) is 12.1 Å². The fraction of sp³-hybridized carbons (Fsp3) is 0.452. The first-order valence-electron chi connectivity index (χ1n) is 20.4. The normalized spacial score (nSPS) is 24.0. The standard InChI is InChI=1S/C42H45N11O6/c43-20-25-17-26-22-46-53(37(26)45-21-25)35-19-33(47-27-3-1-2-4-27)32(23-44-35)38(55)48-28-9-11-42(59,12-10-28)24-50-13-15-51(16-14-50)29-5-6-30-31(18-29)41(58)52(40(30)57)34-7-8-36(54)49-39(34)56/h5-6,17-19,21-23,27-28,34,59H,1-4,7-16,24H2,(H,44,47)(H,48,55)(H,49,54,56). The largest absolute Gasteiger partial charge is 0.389 e. The van der Waals surface area contributed by atoms with Gasteiger partial charge in [-0.25, -0.2) is 9.97 Å². The highest BCUT2D eigenvalue weighted by atomic mass is 16.3. The first-order chi connectivity index (χ1) is 28.6. The maximum Gasteiger partial charge on any atom is 0.262 e. The number of carbonyl (C=O) groups excluding carboxylic acids is 5. The van der Waals surface area contributed by atoms with E-state index in [1.165, 1.54) is 6.20 Å². The number of nitrogens with zero attached hydrogens (tertiary/aromatic N) is 8. The van der Waals surface area contributed by atoms with Gasteiger partial charge >= 0.3 is 0 Å². The number of aromatic nitrogens is 4. The summed E-state index contributed by atoms with van der Waals surface area (Å²) in [5.41, 5.74) is 2.55. The number of pyridine rings is 2. The van der Waals surface area contributed by atoms with E-state index in [0.29, 0.717) is 92.1 Å². The van der Waals surface area contributed by atoms with Crippen LogP contribution < -0.4 is 20.9 Å². The highest BCUT2D eigenvalue weighted by Crippen LogP contribution is 2.34. The molecule has 0 bridgehead atoms. The molecule has 2 saturated carbocycles. The molecule has 17 nitrogen and oxygen atoms in total. The zero-order chi connectivity index (χ0) is 40.8. The average molecular weight is 800 g/mol. The molecular formula is C42H45N11O6. The summed E-state index contributed by atoms with van der Waals surface area (Å²) in [6.07, 6.45) is 11.5. The second-order valence-electron chi connectivity index (χ2n) is 16.4. The molecule has 59 heavy (non-hydrogen) atoms. The number of fused-ring (bicyclic) bond motifs is 2. The van der Waals surface area contributed by atoms with E-state index in [1.807, 2.05) is 12.1 Å². The van der Waals surface area contributed by atoms with Crippen molar-refractivity contribution < 1.29 is 29.1 Å². The molecule has 4 fully saturated rings. The maximum atomic E-state index is 13.8. The van der Waals surface area contributed by atoms with E-state index >= 15 is 0 Å². The van der Waals surface area contributed by atoms with E-state index in [2.05, 4.69) is 46.9 Å². The van der Waals surface area contributed by atoms with Crippen molar-refractivity contribution >= 4 is 51.9 Å². The number of β-amino-alcohol motifs (C(OH)–C–C–N with tert-alkyl or cyclic N) is 1. The van der Waals surface area contributed by atoms with E-state index in [-0.39, 0.29) is 42.0 Å². The van der Waals surface area contributed by atoms with Crippen LogP contribution in [0.2, 0.25) is 0 Å². The minimum absolute atomic E-state index is 0.0663. The van der Waals surface area contributed by atoms with Crippen molar-refractivity contribution in [3.8, 4) is 11.9 Å². The molecule has 5 aliphatic rings. The summed E-state index contributed by atoms with van der Waals surface area (Å²) in [5, 5.41) is 35.2. The first kappa shape index (κ1) is 38.3. The molecule has 3 aromatic heterocycles. The Morgan fingerprint density at radius 2 is 1.66 bits per heavy atom. The lowest BCUT2D eigenvalue weighted by Gasteiger charge is -2.43. The predicted octanol–water partition coefficient (Wildman–Crippen LogP) is 2.67. The van der Waals surface area contributed by atoms with Gasteiger partial charge in [0.15, 0.2) is 11.5 Å². The van der Waals surface area contributed by atoms with Crippen molar-refractivity contribution in [1.29, 1.82) is 5.26 Å². The van der Waals surface area contributed by atoms with Crippen LogP contribution in [-0.4, -0.2) is 121 Å². The lowest BCUT2D eigenvalue weighted by atomic mass is 9.81. The van der Waals surface area contributed by atoms with E-state index in [0.717, 1.165) is 36.3 Å². The Balaban J connectivity index is 0.796. The van der Waals surface area contributed by atoms with Gasteiger partial charge in [0.05, 0.1) is 39.7 Å². The van der Waals surface area contributed by atoms with Crippen LogP contribution in [0.1, 0.15) is 101 Å². The third-order valence-electron chi connectivity index (χ3n) is 12.5. The van der Waals surface area contributed by atoms with Crippen molar-refractivity contribution in [2.45, 2.75) is 87.9 Å². The van der Waals surface area contributed by atoms with Gasteiger partial charge in [0, 0.05) is 80.8 Å². The summed E-state index contributed by atoms with van der Waals surface area (Å²) in [6.45, 7) is 3.21. The molecule has 3 aliphatic heterocycles. The van der Waals surface area contributed by atoms with Crippen LogP contribution in [0.5, 0.6) is 0 Å². The molecule has 4 aromatic rings. The third kappa shape index (κ3) is 7.49. The summed E-state index contributed by atoms with van der Waals surface area (Å²) >= 11 is 0. The Hall–Kier alpha value is -6.25. The van der Waals surface area contributed by atoms with E-state index in [1.54, 1.807) is 35.3 Å². The average Bonchev–Trinajstić information content (AvgIpc) is 3.97. The molecule has 1 atom stereocenters. The molecule has 0 spiro atoms. The van der Waals surface area contributed by atoms with Gasteiger partial charge in [-0.2, -0.15) is 15.0 Å². The topological polar surface area (TPSA) is 219 Å². The Morgan fingerprint density at radius 3 is 2.41 bits per heavy atom. The van der Waals surface area contributed by atoms with Crippen LogP contribution in [0.3, 0.4) is 0 Å². The molecule has 1 aromatic carbocycles. The number of nitriles is 1. The first-order valence-corrected chi connectivity index (χ1v) is 20.4. The van der Waals surface area contributed by atoms with Crippen molar-refractivity contribution in [2.75, 3.05) is 42.9 Å². The Kier molecular flexibility index (Phi) is 10.1. The van der Waals surface area contributed by atoms with Gasteiger partial charge in [0.2, 0.25) is 11.8 Å². The van der Waals surface area contributed by atoms with E-state index < -0.39 is 35.3 Å². The number of hydrogen-bond acceptors (Lipinski definition) is 13. The molecule has 6 heterocycles. The molecular weight excluding hydrogens is 755 g/mol. The van der Waals surface area contributed by atoms with Crippen LogP contribution in [0, 0.1) is 11.3 Å². The van der Waals surface area contributed by atoms with Gasteiger partial charge in [-0.05, 0) is 69.2 Å². The predicted molar refractivity (Wildman–Crippen MR) is 214 cm³/mol. The van der Waals surface area contributed by atoms with Crippen LogP contribution >= 0.6 is 0 Å². The SMILES string of the molecule is N#Cc1cnc2c(cnn2-c2cc(NC3CCCC3)c(C(=O)NC3CCC(O)(CN4CCN(c5ccc6c(c5)C(=O)N(C5CCC(=O)NC5=O)C6=O)CC4)CC3)cn2)c1. The molecule has 1 unspecified atom stereocenters. The van der Waals surface area contributed by atoms with Gasteiger partial charge < -0.3 is 20.6 Å². The number of anilines is 2. The van der Waals surface area contributed by atoms with Crippen molar-refractivity contribution in [1.82, 2.24) is 40.2 Å². The minimum Gasteiger partial charge on any atom is -0.389 e. The Labute approximate surface area is 339 Å². The summed E-state index contributed by atoms with van der Waals surface area (Å²) < 4.78 is 1.61. The summed E-state index contributed by atoms with van der Waals surface area (Å²) in [6, 6.07) is 9.96. The molecule has 2 aliphatic carbocycles. The molecule has 2 saturated heterocycles.